The lowest BCUT2D eigenvalue weighted by molar-refractivity contribution is -0.117. The van der Waals surface area contributed by atoms with Gasteiger partial charge < -0.3 is 20.5 Å². The average molecular weight is 625 g/mol. The Hall–Kier alpha value is -4.99. The van der Waals surface area contributed by atoms with E-state index in [1.165, 1.54) is 15.5 Å². The number of hydrogen-bond donors (Lipinski definition) is 2. The van der Waals surface area contributed by atoms with Crippen LogP contribution in [-0.2, 0) is 16.1 Å². The highest BCUT2D eigenvalue weighted by Gasteiger charge is 2.35. The van der Waals surface area contributed by atoms with E-state index in [-0.39, 0.29) is 36.2 Å². The van der Waals surface area contributed by atoms with Gasteiger partial charge in [0.05, 0.1) is 24.9 Å². The molecule has 0 atom stereocenters. The smallest absolute Gasteiger partial charge is 0.335 e. The van der Waals surface area contributed by atoms with Gasteiger partial charge in [0.2, 0.25) is 0 Å². The molecule has 0 unspecified atom stereocenters. The number of fused-ring (bicyclic) bond motifs is 1. The normalized spacial score (nSPS) is 14.2. The first-order valence-corrected chi connectivity index (χ1v) is 15.2. The van der Waals surface area contributed by atoms with Crippen LogP contribution >= 0.6 is 0 Å². The van der Waals surface area contributed by atoms with Crippen LogP contribution in [0.4, 0.5) is 5.82 Å². The fourth-order valence-corrected chi connectivity index (χ4v) is 5.79. The van der Waals surface area contributed by atoms with Crippen molar-refractivity contribution < 1.29 is 14.3 Å². The molecule has 46 heavy (non-hydrogen) atoms. The quantitative estimate of drug-likeness (QED) is 0.176. The van der Waals surface area contributed by atoms with Gasteiger partial charge in [-0.3, -0.25) is 18.8 Å². The molecule has 240 valence electrons. The minimum Gasteiger partial charge on any atom is -0.457 e. The van der Waals surface area contributed by atoms with Crippen molar-refractivity contribution in [1.82, 2.24) is 29.3 Å². The fraction of sp³-hybridized carbons (Fsp3) is 0.382. The number of carbonyl (C=O) groups excluding carboxylic acids is 1. The summed E-state index contributed by atoms with van der Waals surface area (Å²) < 4.78 is 14.3. The van der Waals surface area contributed by atoms with E-state index in [1.54, 1.807) is 30.3 Å². The summed E-state index contributed by atoms with van der Waals surface area (Å²) in [5.74, 6) is 1.01. The number of nitrogens with two attached hydrogens (primary N) is 1. The number of nitriles is 1. The Morgan fingerprint density at radius 1 is 1.13 bits per heavy atom. The second-order valence-corrected chi connectivity index (χ2v) is 12.7. The number of likely N-dealkylation sites (N-methyl/N-ethyl adjacent to an activating group) is 1. The van der Waals surface area contributed by atoms with Crippen molar-refractivity contribution in [3.05, 3.63) is 83.1 Å². The molecule has 5 rings (SSSR count). The molecule has 0 spiro atoms. The molecule has 0 aliphatic carbocycles. The van der Waals surface area contributed by atoms with E-state index in [2.05, 4.69) is 33.2 Å². The number of anilines is 1. The topological polar surface area (TPSA) is 153 Å². The number of aromatic nitrogens is 4. The van der Waals surface area contributed by atoms with Gasteiger partial charge >= 0.3 is 5.69 Å². The third kappa shape index (κ3) is 6.80. The van der Waals surface area contributed by atoms with Crippen molar-refractivity contribution in [2.75, 3.05) is 32.0 Å². The van der Waals surface area contributed by atoms with E-state index in [4.69, 9.17) is 15.2 Å². The number of hydrogen-bond acceptors (Lipinski definition) is 9. The van der Waals surface area contributed by atoms with Gasteiger partial charge in [0.1, 0.15) is 35.0 Å². The molecule has 0 radical (unpaired) electrons. The SMILES string of the molecule is CCN(C1COC1)C(C)(C)C=C(C#N)C(=O)NCC(C)(C)Cn1c(=O)n(-c2ccc(Oc3ccccc3)cc2)c2c(N)ncnc21. The first-order chi connectivity index (χ1) is 21.9. The molecule has 1 fully saturated rings. The zero-order valence-corrected chi connectivity index (χ0v) is 26.9. The summed E-state index contributed by atoms with van der Waals surface area (Å²) in [5, 5.41) is 12.8. The lowest BCUT2D eigenvalue weighted by Gasteiger charge is -2.45. The minimum absolute atomic E-state index is 0.0356. The van der Waals surface area contributed by atoms with Gasteiger partial charge in [-0.1, -0.05) is 39.0 Å². The second kappa shape index (κ2) is 13.2. The summed E-state index contributed by atoms with van der Waals surface area (Å²) in [6.07, 6.45) is 3.04. The standard InChI is InChI=1S/C34H40N8O4/c1-6-41(25-18-45-19-25)34(4,5)16-23(17-35)31(43)37-20-33(2,3)21-40-30-28(29(36)38-22-39-30)42(32(40)44)24-12-14-27(15-13-24)46-26-10-8-7-9-11-26/h7-16,22,25H,6,18-21H2,1-5H3,(H,37,43)(H2,36,38,39). The van der Waals surface area contributed by atoms with Crippen LogP contribution in [0.25, 0.3) is 16.9 Å². The average Bonchev–Trinajstić information content (AvgIpc) is 3.28. The fourth-order valence-electron chi connectivity index (χ4n) is 5.79. The highest BCUT2D eigenvalue weighted by atomic mass is 16.5. The zero-order chi connectivity index (χ0) is 33.1. The van der Waals surface area contributed by atoms with Crippen LogP contribution < -0.4 is 21.5 Å². The van der Waals surface area contributed by atoms with Gasteiger partial charge in [-0.2, -0.15) is 5.26 Å². The number of nitrogens with zero attached hydrogens (tertiary/aromatic N) is 6. The molecule has 1 aliphatic heterocycles. The predicted octanol–water partition coefficient (Wildman–Crippen LogP) is 4.05. The Bertz CT molecular complexity index is 1830. The number of rotatable bonds is 12. The monoisotopic (exact) mass is 624 g/mol. The van der Waals surface area contributed by atoms with E-state index in [9.17, 15) is 14.9 Å². The van der Waals surface area contributed by atoms with Gasteiger partial charge in [0.25, 0.3) is 5.91 Å². The molecule has 2 aromatic heterocycles. The summed E-state index contributed by atoms with van der Waals surface area (Å²) in [7, 11) is 0. The zero-order valence-electron chi connectivity index (χ0n) is 26.9. The van der Waals surface area contributed by atoms with Crippen LogP contribution in [0.5, 0.6) is 11.5 Å². The van der Waals surface area contributed by atoms with E-state index in [0.29, 0.717) is 41.6 Å². The maximum Gasteiger partial charge on any atom is 0.335 e. The number of benzene rings is 2. The molecule has 0 saturated carbocycles. The van der Waals surface area contributed by atoms with Crippen molar-refractivity contribution in [2.24, 2.45) is 5.41 Å². The van der Waals surface area contributed by atoms with Crippen LogP contribution in [0, 0.1) is 16.7 Å². The molecule has 1 aliphatic rings. The number of amides is 1. The maximum atomic E-state index is 13.9. The lowest BCUT2D eigenvalue weighted by Crippen LogP contribution is -2.57. The van der Waals surface area contributed by atoms with Crippen molar-refractivity contribution in [3.63, 3.8) is 0 Å². The summed E-state index contributed by atoms with van der Waals surface area (Å²) in [6, 6.07) is 18.8. The van der Waals surface area contributed by atoms with Gasteiger partial charge in [0.15, 0.2) is 11.5 Å². The molecular formula is C34H40N8O4. The second-order valence-electron chi connectivity index (χ2n) is 12.7. The highest BCUT2D eigenvalue weighted by Crippen LogP contribution is 2.27. The Kier molecular flexibility index (Phi) is 9.27. The molecule has 4 aromatic rings. The summed E-state index contributed by atoms with van der Waals surface area (Å²) >= 11 is 0. The van der Waals surface area contributed by atoms with E-state index in [1.807, 2.05) is 58.0 Å². The number of imidazole rings is 1. The molecule has 1 amide bonds. The highest BCUT2D eigenvalue weighted by molar-refractivity contribution is 5.97. The van der Waals surface area contributed by atoms with Crippen LogP contribution in [-0.4, -0.2) is 67.8 Å². The first-order valence-electron chi connectivity index (χ1n) is 15.2. The van der Waals surface area contributed by atoms with Crippen LogP contribution in [0.1, 0.15) is 34.6 Å². The summed E-state index contributed by atoms with van der Waals surface area (Å²) in [6.45, 7) is 12.3. The van der Waals surface area contributed by atoms with Gasteiger partial charge in [-0.25, -0.2) is 14.8 Å². The molecule has 12 nitrogen and oxygen atoms in total. The van der Waals surface area contributed by atoms with Gasteiger partial charge in [0, 0.05) is 24.0 Å². The van der Waals surface area contributed by atoms with E-state index >= 15 is 0 Å². The molecule has 3 N–H and O–H groups in total. The van der Waals surface area contributed by atoms with Crippen molar-refractivity contribution in [1.29, 1.82) is 5.26 Å². The Balaban J connectivity index is 1.36. The Morgan fingerprint density at radius 2 is 1.80 bits per heavy atom. The first kappa shape index (κ1) is 32.4. The maximum absolute atomic E-state index is 13.9. The Labute approximate surface area is 268 Å². The van der Waals surface area contributed by atoms with E-state index in [0.717, 1.165) is 6.54 Å². The van der Waals surface area contributed by atoms with Crippen LogP contribution in [0.3, 0.4) is 0 Å². The number of nitrogens with one attached hydrogen (secondary N) is 1. The number of nitrogen functional groups attached to an aromatic ring is 1. The third-order valence-corrected chi connectivity index (χ3v) is 8.13. The lowest BCUT2D eigenvalue weighted by atomic mass is 9.92. The molecule has 0 bridgehead atoms. The molecule has 12 heteroatoms. The van der Waals surface area contributed by atoms with Crippen molar-refractivity contribution in [2.45, 2.75) is 52.7 Å². The predicted molar refractivity (Wildman–Crippen MR) is 176 cm³/mol. The van der Waals surface area contributed by atoms with Crippen LogP contribution in [0.2, 0.25) is 0 Å². The molecule has 1 saturated heterocycles. The largest absolute Gasteiger partial charge is 0.457 e. The molecule has 2 aromatic carbocycles. The summed E-state index contributed by atoms with van der Waals surface area (Å²) in [4.78, 5) is 37.9. The molecule has 3 heterocycles. The third-order valence-electron chi connectivity index (χ3n) is 8.13. The van der Waals surface area contributed by atoms with Gasteiger partial charge in [-0.15, -0.1) is 0 Å². The van der Waals surface area contributed by atoms with Crippen molar-refractivity contribution in [3.8, 4) is 23.3 Å². The van der Waals surface area contributed by atoms with Crippen molar-refractivity contribution >= 4 is 22.9 Å². The Morgan fingerprint density at radius 3 is 2.41 bits per heavy atom. The summed E-state index contributed by atoms with van der Waals surface area (Å²) in [5.41, 5.74) is 6.16. The number of para-hydroxylation sites is 1. The van der Waals surface area contributed by atoms with Gasteiger partial charge in [-0.05, 0) is 62.9 Å². The minimum atomic E-state index is -0.611. The molecular weight excluding hydrogens is 584 g/mol. The van der Waals surface area contributed by atoms with Crippen LogP contribution in [0.15, 0.2) is 77.4 Å². The van der Waals surface area contributed by atoms with E-state index < -0.39 is 16.9 Å². The number of ether oxygens (including phenoxy) is 2. The number of carbonyl (C=O) groups is 1.